The van der Waals surface area contributed by atoms with Crippen molar-refractivity contribution in [3.05, 3.63) is 59.5 Å². The maximum Gasteiger partial charge on any atom is 0.330 e. The highest BCUT2D eigenvalue weighted by Gasteiger charge is 2.68. The van der Waals surface area contributed by atoms with Crippen molar-refractivity contribution in [1.29, 1.82) is 0 Å². The molecule has 4 heterocycles. The Hall–Kier alpha value is -2.31. The zero-order valence-corrected chi connectivity index (χ0v) is 22.7. The third kappa shape index (κ3) is 5.15. The molecule has 0 bridgehead atoms. The van der Waals surface area contributed by atoms with Gasteiger partial charge in [0.25, 0.3) is 5.56 Å². The molecule has 6 N–H and O–H groups in total. The van der Waals surface area contributed by atoms with E-state index in [1.807, 2.05) is 0 Å². The minimum absolute atomic E-state index is 0.0599. The fourth-order valence-corrected chi connectivity index (χ4v) is 5.70. The van der Waals surface area contributed by atoms with Crippen molar-refractivity contribution < 1.29 is 43.9 Å². The fourth-order valence-electron chi connectivity index (χ4n) is 5.05. The average Bonchev–Trinajstić information content (AvgIpc) is 3.36. The second-order valence-corrected chi connectivity index (χ2v) is 11.9. The summed E-state index contributed by atoms with van der Waals surface area (Å²) in [4.78, 5) is 53.7. The van der Waals surface area contributed by atoms with Crippen LogP contribution in [0, 0.1) is 18.5 Å². The molecule has 0 aromatic carbocycles. The third-order valence-corrected chi connectivity index (χ3v) is 7.95. The van der Waals surface area contributed by atoms with Gasteiger partial charge in [0.2, 0.25) is 0 Å². The topological polar surface area (TPSA) is 241 Å². The Morgan fingerprint density at radius 3 is 2.51 bits per heavy atom. The number of hydrogen-bond donors (Lipinski definition) is 6. The van der Waals surface area contributed by atoms with Gasteiger partial charge in [-0.15, -0.1) is 0 Å². The molecule has 16 nitrogen and oxygen atoms in total. The lowest BCUT2D eigenvalue weighted by molar-refractivity contribution is -0.276. The lowest BCUT2D eigenvalue weighted by Gasteiger charge is -2.45. The number of hydrogen-bond acceptors (Lipinski definition) is 13. The van der Waals surface area contributed by atoms with Crippen LogP contribution in [0.2, 0.25) is 0 Å². The molecule has 2 aromatic heterocycles. The molecule has 2 fully saturated rings. The first-order valence-corrected chi connectivity index (χ1v) is 14.1. The molecule has 4 rings (SSSR count). The molecule has 8 unspecified atom stereocenters. The molecule has 2 aliphatic heterocycles. The number of aryl methyl sites for hydroxylation is 2. The van der Waals surface area contributed by atoms with Crippen LogP contribution < -0.4 is 21.8 Å². The molecule has 0 saturated carbocycles. The molecule has 0 aliphatic carbocycles. The molecule has 2 saturated heterocycles. The number of rotatable bonds is 7. The molecule has 0 spiro atoms. The van der Waals surface area contributed by atoms with Crippen molar-refractivity contribution in [2.75, 3.05) is 13.3 Å². The van der Waals surface area contributed by atoms with Crippen LogP contribution in [0.25, 0.3) is 0 Å². The van der Waals surface area contributed by atoms with Crippen LogP contribution in [0.1, 0.15) is 30.2 Å². The molecule has 2 aromatic rings. The van der Waals surface area contributed by atoms with E-state index in [1.165, 1.54) is 26.2 Å². The third-order valence-electron chi connectivity index (χ3n) is 6.92. The largest absolute Gasteiger partial charge is 0.779 e. The van der Waals surface area contributed by atoms with E-state index in [0.717, 1.165) is 9.13 Å². The Balaban J connectivity index is 1.90. The number of H-pyrrole nitrogens is 2. The van der Waals surface area contributed by atoms with Crippen LogP contribution >= 0.6 is 19.8 Å². The Labute approximate surface area is 224 Å². The Bertz CT molecular complexity index is 1550. The average molecular weight is 592 g/mol. The zero-order chi connectivity index (χ0) is 29.1. The minimum Gasteiger partial charge on any atom is -0.779 e. The highest BCUT2D eigenvalue weighted by molar-refractivity contribution is 7.71. The van der Waals surface area contributed by atoms with E-state index >= 15 is 0 Å². The van der Waals surface area contributed by atoms with Gasteiger partial charge in [0, 0.05) is 43.0 Å². The van der Waals surface area contributed by atoms with E-state index in [9.17, 15) is 44.3 Å². The van der Waals surface area contributed by atoms with Gasteiger partial charge in [-0.25, -0.2) is 9.59 Å². The van der Waals surface area contributed by atoms with Crippen LogP contribution in [0.5, 0.6) is 0 Å². The van der Waals surface area contributed by atoms with Gasteiger partial charge in [-0.3, -0.25) is 23.9 Å². The highest BCUT2D eigenvalue weighted by Crippen LogP contribution is 2.53. The number of aliphatic hydroxyl groups is 4. The van der Waals surface area contributed by atoms with Gasteiger partial charge < -0.3 is 43.9 Å². The lowest BCUT2D eigenvalue weighted by atomic mass is 9.80. The molecule has 39 heavy (non-hydrogen) atoms. The Kier molecular flexibility index (Phi) is 7.81. The van der Waals surface area contributed by atoms with Gasteiger partial charge in [-0.2, -0.15) is 0 Å². The first-order valence-electron chi connectivity index (χ1n) is 11.7. The molecule has 0 radical (unpaired) electrons. The van der Waals surface area contributed by atoms with Crippen LogP contribution in [-0.4, -0.2) is 83.0 Å². The van der Waals surface area contributed by atoms with E-state index in [0.29, 0.717) is 12.2 Å². The summed E-state index contributed by atoms with van der Waals surface area (Å²) in [6.45, 7) is 2.79. The van der Waals surface area contributed by atoms with Gasteiger partial charge in [0.1, 0.15) is 36.3 Å². The van der Waals surface area contributed by atoms with Gasteiger partial charge >= 0.3 is 11.4 Å². The standard InChI is InChI=1S/C21H29N4O12PS/c1-9-6-24(18(30)22-15(9)28)13-5-20(32,12(8-26)35-13)21(25-7-10(2)16(39)23-19(25)31)4-11(27)14(36-21)17(29)37-38(3,33)34/h6-7,11-14,17,26-27,29,32H,4-5,8H2,1-3H3,(H,33,34)(H,22,28,30)(H,23,31,39)/p-1. The number of nitrogens with zero attached hydrogens (tertiary/aromatic N) is 2. The number of aromatic nitrogens is 4. The first kappa shape index (κ1) is 29.7. The summed E-state index contributed by atoms with van der Waals surface area (Å²) in [6.07, 6.45) is -7.36. The number of aliphatic hydroxyl groups excluding tert-OH is 3. The SMILES string of the molecule is Cc1cn(C2CC(O)(C3(n4cc(C)c(=S)[nH]c4=O)CC(O)C(C(O)OP(C)(=O)[O-])O3)C(CO)O2)c(=O)[nH]c1=O. The highest BCUT2D eigenvalue weighted by atomic mass is 32.1. The summed E-state index contributed by atoms with van der Waals surface area (Å²) in [7, 11) is -4.54. The van der Waals surface area contributed by atoms with Crippen molar-refractivity contribution in [2.24, 2.45) is 0 Å². The van der Waals surface area contributed by atoms with Gasteiger partial charge in [-0.1, -0.05) is 12.2 Å². The van der Waals surface area contributed by atoms with Crippen molar-refractivity contribution in [2.45, 2.75) is 68.8 Å². The summed E-state index contributed by atoms with van der Waals surface area (Å²) in [5, 5.41) is 43.7. The Morgan fingerprint density at radius 2 is 1.90 bits per heavy atom. The minimum atomic E-state index is -4.54. The van der Waals surface area contributed by atoms with Crippen molar-refractivity contribution in [3.8, 4) is 0 Å². The molecular weight excluding hydrogens is 563 g/mol. The number of ether oxygens (including phenoxy) is 2. The van der Waals surface area contributed by atoms with Crippen molar-refractivity contribution in [3.63, 3.8) is 0 Å². The first-order chi connectivity index (χ1) is 18.0. The normalized spacial score (nSPS) is 33.2. The predicted molar refractivity (Wildman–Crippen MR) is 131 cm³/mol. The van der Waals surface area contributed by atoms with Gasteiger partial charge in [-0.05, 0) is 13.8 Å². The van der Waals surface area contributed by atoms with Crippen LogP contribution in [-0.2, 0) is 24.3 Å². The van der Waals surface area contributed by atoms with Crippen molar-refractivity contribution in [1.82, 2.24) is 19.1 Å². The van der Waals surface area contributed by atoms with E-state index < -0.39 is 86.1 Å². The van der Waals surface area contributed by atoms with E-state index in [1.54, 1.807) is 0 Å². The predicted octanol–water partition coefficient (Wildman–Crippen LogP) is -2.60. The maximum atomic E-state index is 13.2. The smallest absolute Gasteiger partial charge is 0.330 e. The molecule has 0 amide bonds. The molecule has 216 valence electrons. The van der Waals surface area contributed by atoms with Gasteiger partial charge in [0.05, 0.1) is 12.7 Å². The zero-order valence-electron chi connectivity index (χ0n) is 21.0. The van der Waals surface area contributed by atoms with E-state index in [2.05, 4.69) is 14.5 Å². The van der Waals surface area contributed by atoms with E-state index in [4.69, 9.17) is 21.7 Å². The molecule has 18 heteroatoms. The van der Waals surface area contributed by atoms with Crippen molar-refractivity contribution >= 4 is 19.8 Å². The van der Waals surface area contributed by atoms with Crippen LogP contribution in [0.4, 0.5) is 0 Å². The lowest BCUT2D eigenvalue weighted by Crippen LogP contribution is -2.63. The number of aromatic amines is 2. The summed E-state index contributed by atoms with van der Waals surface area (Å²) < 4.78 is 29.9. The quantitative estimate of drug-likeness (QED) is 0.110. The summed E-state index contributed by atoms with van der Waals surface area (Å²) in [6, 6.07) is 0. The number of nitrogens with one attached hydrogen (secondary N) is 2. The summed E-state index contributed by atoms with van der Waals surface area (Å²) in [5.41, 5.74) is -6.70. The Morgan fingerprint density at radius 1 is 1.23 bits per heavy atom. The van der Waals surface area contributed by atoms with Crippen LogP contribution in [0.15, 0.2) is 26.8 Å². The van der Waals surface area contributed by atoms with Gasteiger partial charge in [0.15, 0.2) is 12.0 Å². The second kappa shape index (κ2) is 10.3. The summed E-state index contributed by atoms with van der Waals surface area (Å²) in [5.74, 6) is 0. The maximum absolute atomic E-state index is 13.2. The molecule has 8 atom stereocenters. The fraction of sp³-hybridized carbons (Fsp3) is 0.619. The van der Waals surface area contributed by atoms with E-state index in [-0.39, 0.29) is 10.2 Å². The second-order valence-electron chi connectivity index (χ2n) is 9.72. The monoisotopic (exact) mass is 591 g/mol. The summed E-state index contributed by atoms with van der Waals surface area (Å²) >= 11 is 5.11. The van der Waals surface area contributed by atoms with Crippen LogP contribution in [0.3, 0.4) is 0 Å². The molecule has 2 aliphatic rings. The molecular formula is C21H28N4O12PS-.